The fourth-order valence-corrected chi connectivity index (χ4v) is 2.44. The minimum absolute atomic E-state index is 0.560. The molecule has 0 heterocycles. The molecule has 0 aromatic rings. The normalized spacial score (nSPS) is 27.2. The molecule has 3 unspecified atom stereocenters. The van der Waals surface area contributed by atoms with Crippen LogP contribution in [-0.2, 0) is 4.74 Å². The number of methoxy groups -OCH3 is 1. The molecule has 0 aliphatic heterocycles. The van der Waals surface area contributed by atoms with Gasteiger partial charge in [-0.1, -0.05) is 19.8 Å². The third-order valence-corrected chi connectivity index (χ3v) is 3.70. The number of hydrogen-bond donors (Lipinski definition) is 2. The SMILES string of the molecule is COCCNCC(C)NCC1CCCC1C. The lowest BCUT2D eigenvalue weighted by Crippen LogP contribution is -2.40. The standard InChI is InChI=1S/C13H28N2O/c1-11-5-4-6-13(11)10-15-12(2)9-14-7-8-16-3/h11-15H,4-10H2,1-3H3. The number of nitrogens with one attached hydrogen (secondary N) is 2. The van der Waals surface area contributed by atoms with E-state index in [1.165, 1.54) is 25.8 Å². The second-order valence-corrected chi connectivity index (χ2v) is 5.17. The molecule has 3 heteroatoms. The average Bonchev–Trinajstić information content (AvgIpc) is 2.67. The smallest absolute Gasteiger partial charge is 0.0587 e. The number of rotatable bonds is 8. The first kappa shape index (κ1) is 13.9. The van der Waals surface area contributed by atoms with E-state index in [1.54, 1.807) is 7.11 Å². The van der Waals surface area contributed by atoms with Crippen LogP contribution in [0.5, 0.6) is 0 Å². The summed E-state index contributed by atoms with van der Waals surface area (Å²) in [5, 5.41) is 7.01. The summed E-state index contributed by atoms with van der Waals surface area (Å²) >= 11 is 0. The van der Waals surface area contributed by atoms with Gasteiger partial charge in [0.2, 0.25) is 0 Å². The first-order chi connectivity index (χ1) is 7.74. The molecule has 0 radical (unpaired) electrons. The Morgan fingerprint density at radius 2 is 2.19 bits per heavy atom. The molecule has 1 fully saturated rings. The van der Waals surface area contributed by atoms with E-state index < -0.39 is 0 Å². The maximum absolute atomic E-state index is 5.00. The van der Waals surface area contributed by atoms with E-state index in [9.17, 15) is 0 Å². The van der Waals surface area contributed by atoms with Crippen LogP contribution in [0.25, 0.3) is 0 Å². The maximum atomic E-state index is 5.00. The Balaban J connectivity index is 1.99. The summed E-state index contributed by atoms with van der Waals surface area (Å²) in [4.78, 5) is 0. The molecule has 3 atom stereocenters. The van der Waals surface area contributed by atoms with Crippen molar-refractivity contribution in [1.29, 1.82) is 0 Å². The molecular weight excluding hydrogens is 200 g/mol. The molecule has 0 aromatic carbocycles. The fraction of sp³-hybridized carbons (Fsp3) is 1.00. The molecule has 16 heavy (non-hydrogen) atoms. The lowest BCUT2D eigenvalue weighted by Gasteiger charge is -2.20. The second-order valence-electron chi connectivity index (χ2n) is 5.17. The van der Waals surface area contributed by atoms with Crippen molar-refractivity contribution in [2.75, 3.05) is 33.4 Å². The van der Waals surface area contributed by atoms with Gasteiger partial charge < -0.3 is 15.4 Å². The monoisotopic (exact) mass is 228 g/mol. The predicted molar refractivity (Wildman–Crippen MR) is 68.7 cm³/mol. The molecule has 0 aromatic heterocycles. The van der Waals surface area contributed by atoms with E-state index in [4.69, 9.17) is 4.74 Å². The Bertz CT molecular complexity index is 175. The third-order valence-electron chi connectivity index (χ3n) is 3.70. The van der Waals surface area contributed by atoms with E-state index in [-0.39, 0.29) is 0 Å². The molecule has 96 valence electrons. The van der Waals surface area contributed by atoms with Crippen LogP contribution in [0.3, 0.4) is 0 Å². The van der Waals surface area contributed by atoms with Gasteiger partial charge in [0.15, 0.2) is 0 Å². The summed E-state index contributed by atoms with van der Waals surface area (Å²) < 4.78 is 5.00. The van der Waals surface area contributed by atoms with Gasteiger partial charge in [-0.2, -0.15) is 0 Å². The summed E-state index contributed by atoms with van der Waals surface area (Å²) in [7, 11) is 1.74. The van der Waals surface area contributed by atoms with Crippen LogP contribution in [0, 0.1) is 11.8 Å². The van der Waals surface area contributed by atoms with Gasteiger partial charge in [-0.3, -0.25) is 0 Å². The van der Waals surface area contributed by atoms with Crippen LogP contribution in [0.4, 0.5) is 0 Å². The zero-order valence-corrected chi connectivity index (χ0v) is 11.1. The summed E-state index contributed by atoms with van der Waals surface area (Å²) in [5.41, 5.74) is 0. The molecule has 2 N–H and O–H groups in total. The predicted octanol–water partition coefficient (Wildman–Crippen LogP) is 1.64. The van der Waals surface area contributed by atoms with Gasteiger partial charge in [0, 0.05) is 26.2 Å². The Kier molecular flexibility index (Phi) is 7.01. The van der Waals surface area contributed by atoms with Gasteiger partial charge >= 0.3 is 0 Å². The molecular formula is C13H28N2O. The fourth-order valence-electron chi connectivity index (χ4n) is 2.44. The van der Waals surface area contributed by atoms with Crippen molar-refractivity contribution in [3.8, 4) is 0 Å². The molecule has 0 saturated heterocycles. The van der Waals surface area contributed by atoms with Crippen LogP contribution >= 0.6 is 0 Å². The van der Waals surface area contributed by atoms with Gasteiger partial charge in [-0.05, 0) is 31.7 Å². The highest BCUT2D eigenvalue weighted by molar-refractivity contribution is 4.77. The van der Waals surface area contributed by atoms with Crippen LogP contribution in [0.15, 0.2) is 0 Å². The molecule has 0 spiro atoms. The van der Waals surface area contributed by atoms with E-state index in [0.29, 0.717) is 6.04 Å². The van der Waals surface area contributed by atoms with E-state index in [1.807, 2.05) is 0 Å². The lowest BCUT2D eigenvalue weighted by molar-refractivity contribution is 0.198. The van der Waals surface area contributed by atoms with Crippen LogP contribution in [0.2, 0.25) is 0 Å². The quantitative estimate of drug-likeness (QED) is 0.620. The van der Waals surface area contributed by atoms with E-state index >= 15 is 0 Å². The van der Waals surface area contributed by atoms with Gasteiger partial charge in [-0.15, -0.1) is 0 Å². The van der Waals surface area contributed by atoms with Crippen molar-refractivity contribution in [1.82, 2.24) is 10.6 Å². The Hall–Kier alpha value is -0.120. The largest absolute Gasteiger partial charge is 0.383 e. The number of hydrogen-bond acceptors (Lipinski definition) is 3. The first-order valence-corrected chi connectivity index (χ1v) is 6.67. The van der Waals surface area contributed by atoms with Crippen LogP contribution in [0.1, 0.15) is 33.1 Å². The van der Waals surface area contributed by atoms with Crippen molar-refractivity contribution < 1.29 is 4.74 Å². The molecule has 1 saturated carbocycles. The summed E-state index contributed by atoms with van der Waals surface area (Å²) in [6, 6.07) is 0.560. The van der Waals surface area contributed by atoms with Crippen molar-refractivity contribution >= 4 is 0 Å². The minimum atomic E-state index is 0.560. The molecule has 3 nitrogen and oxygen atoms in total. The van der Waals surface area contributed by atoms with Crippen molar-refractivity contribution in [3.63, 3.8) is 0 Å². The van der Waals surface area contributed by atoms with Crippen molar-refractivity contribution in [2.24, 2.45) is 11.8 Å². The highest BCUT2D eigenvalue weighted by Gasteiger charge is 2.22. The lowest BCUT2D eigenvalue weighted by atomic mass is 9.98. The highest BCUT2D eigenvalue weighted by atomic mass is 16.5. The Morgan fingerprint density at radius 1 is 1.38 bits per heavy atom. The molecule has 0 bridgehead atoms. The highest BCUT2D eigenvalue weighted by Crippen LogP contribution is 2.30. The van der Waals surface area contributed by atoms with Crippen LogP contribution in [-0.4, -0.2) is 39.4 Å². The number of ether oxygens (including phenoxy) is 1. The van der Waals surface area contributed by atoms with Gasteiger partial charge in [-0.25, -0.2) is 0 Å². The molecule has 1 aliphatic rings. The summed E-state index contributed by atoms with van der Waals surface area (Å²) in [5.74, 6) is 1.82. The Morgan fingerprint density at radius 3 is 2.81 bits per heavy atom. The summed E-state index contributed by atoms with van der Waals surface area (Å²) in [6.07, 6.45) is 4.26. The maximum Gasteiger partial charge on any atom is 0.0587 e. The van der Waals surface area contributed by atoms with Crippen molar-refractivity contribution in [3.05, 3.63) is 0 Å². The topological polar surface area (TPSA) is 33.3 Å². The zero-order chi connectivity index (χ0) is 11.8. The summed E-state index contributed by atoms with van der Waals surface area (Å²) in [6.45, 7) is 8.60. The second kappa shape index (κ2) is 8.04. The molecule has 1 rings (SSSR count). The Labute approximate surface area is 100 Å². The van der Waals surface area contributed by atoms with Gasteiger partial charge in [0.05, 0.1) is 6.61 Å². The van der Waals surface area contributed by atoms with Crippen LogP contribution < -0.4 is 10.6 Å². The third kappa shape index (κ3) is 5.28. The zero-order valence-electron chi connectivity index (χ0n) is 11.1. The molecule has 1 aliphatic carbocycles. The van der Waals surface area contributed by atoms with Gasteiger partial charge in [0.1, 0.15) is 0 Å². The van der Waals surface area contributed by atoms with Crippen molar-refractivity contribution in [2.45, 2.75) is 39.2 Å². The van der Waals surface area contributed by atoms with E-state index in [2.05, 4.69) is 24.5 Å². The van der Waals surface area contributed by atoms with E-state index in [0.717, 1.165) is 31.5 Å². The average molecular weight is 228 g/mol. The first-order valence-electron chi connectivity index (χ1n) is 6.67. The minimum Gasteiger partial charge on any atom is -0.383 e. The molecule has 0 amide bonds. The van der Waals surface area contributed by atoms with Gasteiger partial charge in [0.25, 0.3) is 0 Å².